The number of phenols is 1. The van der Waals surface area contributed by atoms with Gasteiger partial charge in [0, 0.05) is 0 Å². The fourth-order valence-corrected chi connectivity index (χ4v) is 1.05. The summed E-state index contributed by atoms with van der Waals surface area (Å²) in [6.07, 6.45) is 2.84. The lowest BCUT2D eigenvalue weighted by Crippen LogP contribution is -1.88. The maximum absolute atomic E-state index is 8.80. The normalized spacial score (nSPS) is 9.06. The topological polar surface area (TPSA) is 68.1 Å². The van der Waals surface area contributed by atoms with E-state index >= 15 is 0 Å². The van der Waals surface area contributed by atoms with Crippen LogP contribution in [0.15, 0.2) is 36.9 Å². The molecule has 0 unspecified atom stereocenters. The van der Waals surface area contributed by atoms with Gasteiger partial charge in [0.1, 0.15) is 30.0 Å². The summed E-state index contributed by atoms with van der Waals surface area (Å²) in [6.45, 7) is 0. The number of aromatic nitrogens is 3. The molecule has 2 rings (SSSR count). The molecule has 0 aliphatic heterocycles. The summed E-state index contributed by atoms with van der Waals surface area (Å²) in [5.41, 5.74) is 0. The highest BCUT2D eigenvalue weighted by molar-refractivity contribution is 6.16. The number of methoxy groups -OCH3 is 1. The summed E-state index contributed by atoms with van der Waals surface area (Å²) in [5.74, 6) is 1.98. The highest BCUT2D eigenvalue weighted by atomic mass is 35.5. The van der Waals surface area contributed by atoms with Gasteiger partial charge in [0.2, 0.25) is 0 Å². The minimum absolute atomic E-state index is 0.260. The van der Waals surface area contributed by atoms with Gasteiger partial charge in [-0.3, -0.25) is 0 Å². The Labute approximate surface area is 104 Å². The average Bonchev–Trinajstić information content (AvgIpc) is 2.41. The van der Waals surface area contributed by atoms with Crippen LogP contribution < -0.4 is 4.74 Å². The lowest BCUT2D eigenvalue weighted by molar-refractivity contribution is 0.412. The van der Waals surface area contributed by atoms with Crippen molar-refractivity contribution in [1.82, 2.24) is 15.0 Å². The maximum Gasteiger partial charge on any atom is 0.146 e. The second-order valence-corrected chi connectivity index (χ2v) is 3.15. The van der Waals surface area contributed by atoms with Gasteiger partial charge in [-0.25, -0.2) is 15.0 Å². The van der Waals surface area contributed by atoms with Crippen LogP contribution in [0.4, 0.5) is 0 Å². The molecule has 0 aliphatic carbocycles. The maximum atomic E-state index is 8.80. The van der Waals surface area contributed by atoms with Crippen LogP contribution in [0, 0.1) is 0 Å². The standard InChI is InChI=1S/C7H8O2.C4H4ClN3/c1-9-7-4-2-6(8)3-5-7;5-1-4-7-2-6-3-8-4/h2-5,8H,1H3;2-3H,1H2. The van der Waals surface area contributed by atoms with Gasteiger partial charge < -0.3 is 9.84 Å². The fraction of sp³-hybridized carbons (Fsp3) is 0.182. The molecule has 6 heteroatoms. The Hall–Kier alpha value is -1.88. The first-order chi connectivity index (χ1) is 8.26. The van der Waals surface area contributed by atoms with Gasteiger partial charge in [0.25, 0.3) is 0 Å². The molecule has 0 bridgehead atoms. The van der Waals surface area contributed by atoms with Crippen molar-refractivity contribution < 1.29 is 9.84 Å². The molecule has 1 aromatic carbocycles. The van der Waals surface area contributed by atoms with E-state index in [4.69, 9.17) is 21.4 Å². The smallest absolute Gasteiger partial charge is 0.146 e. The Morgan fingerprint density at radius 3 is 2.18 bits per heavy atom. The van der Waals surface area contributed by atoms with Crippen LogP contribution in [0.5, 0.6) is 11.5 Å². The molecule has 0 aliphatic rings. The van der Waals surface area contributed by atoms with Crippen LogP contribution in [0.25, 0.3) is 0 Å². The number of ether oxygens (including phenoxy) is 1. The van der Waals surface area contributed by atoms with E-state index in [1.807, 2.05) is 0 Å². The summed E-state index contributed by atoms with van der Waals surface area (Å²) in [4.78, 5) is 11.1. The molecule has 90 valence electrons. The zero-order chi connectivity index (χ0) is 12.5. The average molecular weight is 254 g/mol. The molecule has 0 fully saturated rings. The van der Waals surface area contributed by atoms with E-state index in [2.05, 4.69) is 15.0 Å². The number of hydrogen-bond acceptors (Lipinski definition) is 5. The molecular formula is C11H12ClN3O2. The molecule has 1 aromatic heterocycles. The number of nitrogens with zero attached hydrogens (tertiary/aromatic N) is 3. The van der Waals surface area contributed by atoms with Crippen molar-refractivity contribution in [3.8, 4) is 11.5 Å². The minimum Gasteiger partial charge on any atom is -0.508 e. The number of hydrogen-bond donors (Lipinski definition) is 1. The minimum atomic E-state index is 0.260. The van der Waals surface area contributed by atoms with E-state index in [9.17, 15) is 0 Å². The van der Waals surface area contributed by atoms with E-state index in [1.165, 1.54) is 12.7 Å². The van der Waals surface area contributed by atoms with Crippen LogP contribution in [-0.4, -0.2) is 27.2 Å². The number of phenolic OH excluding ortho intramolecular Hbond substituents is 1. The number of benzene rings is 1. The van der Waals surface area contributed by atoms with E-state index < -0.39 is 0 Å². The first-order valence-corrected chi connectivity index (χ1v) is 5.29. The Bertz CT molecular complexity index is 422. The summed E-state index contributed by atoms with van der Waals surface area (Å²) < 4.78 is 4.86. The molecule has 0 amide bonds. The van der Waals surface area contributed by atoms with Gasteiger partial charge in [-0.1, -0.05) is 0 Å². The van der Waals surface area contributed by atoms with Crippen molar-refractivity contribution in [2.24, 2.45) is 0 Å². The molecular weight excluding hydrogens is 242 g/mol. The Morgan fingerprint density at radius 2 is 1.76 bits per heavy atom. The molecule has 0 spiro atoms. The van der Waals surface area contributed by atoms with Gasteiger partial charge in [0.05, 0.1) is 13.0 Å². The van der Waals surface area contributed by atoms with Crippen molar-refractivity contribution in [3.05, 3.63) is 42.7 Å². The lowest BCUT2D eigenvalue weighted by Gasteiger charge is -1.96. The third-order valence-electron chi connectivity index (χ3n) is 1.74. The van der Waals surface area contributed by atoms with Crippen molar-refractivity contribution in [1.29, 1.82) is 0 Å². The molecule has 1 heterocycles. The second kappa shape index (κ2) is 7.40. The zero-order valence-electron chi connectivity index (χ0n) is 9.25. The van der Waals surface area contributed by atoms with Crippen LogP contribution in [-0.2, 0) is 5.88 Å². The van der Waals surface area contributed by atoms with Crippen LogP contribution in [0.3, 0.4) is 0 Å². The van der Waals surface area contributed by atoms with E-state index in [1.54, 1.807) is 31.4 Å². The van der Waals surface area contributed by atoms with Crippen molar-refractivity contribution in [3.63, 3.8) is 0 Å². The van der Waals surface area contributed by atoms with Crippen LogP contribution >= 0.6 is 11.6 Å². The molecule has 5 nitrogen and oxygen atoms in total. The monoisotopic (exact) mass is 253 g/mol. The Morgan fingerprint density at radius 1 is 1.18 bits per heavy atom. The number of alkyl halides is 1. The van der Waals surface area contributed by atoms with Crippen molar-refractivity contribution in [2.75, 3.05) is 7.11 Å². The molecule has 17 heavy (non-hydrogen) atoms. The molecule has 2 aromatic rings. The highest BCUT2D eigenvalue weighted by Crippen LogP contribution is 2.14. The van der Waals surface area contributed by atoms with Gasteiger partial charge in [0.15, 0.2) is 0 Å². The summed E-state index contributed by atoms with van der Waals surface area (Å²) in [7, 11) is 1.59. The van der Waals surface area contributed by atoms with Crippen LogP contribution in [0.1, 0.15) is 5.82 Å². The lowest BCUT2D eigenvalue weighted by atomic mass is 10.3. The van der Waals surface area contributed by atoms with Gasteiger partial charge >= 0.3 is 0 Å². The Kier molecular flexibility index (Phi) is 5.74. The number of halogens is 1. The predicted molar refractivity (Wildman–Crippen MR) is 64.0 cm³/mol. The molecule has 0 atom stereocenters. The molecule has 1 N–H and O–H groups in total. The predicted octanol–water partition coefficient (Wildman–Crippen LogP) is 2.01. The zero-order valence-corrected chi connectivity index (χ0v) is 10.0. The summed E-state index contributed by atoms with van der Waals surface area (Å²) in [5, 5.41) is 8.80. The van der Waals surface area contributed by atoms with Gasteiger partial charge in [-0.2, -0.15) is 0 Å². The van der Waals surface area contributed by atoms with Crippen molar-refractivity contribution >= 4 is 11.6 Å². The third kappa shape index (κ3) is 5.12. The SMILES string of the molecule is COc1ccc(O)cc1.ClCc1ncncn1. The summed E-state index contributed by atoms with van der Waals surface area (Å²) in [6, 6.07) is 6.57. The van der Waals surface area contributed by atoms with E-state index in [0.29, 0.717) is 11.7 Å². The first kappa shape index (κ1) is 13.2. The van der Waals surface area contributed by atoms with Crippen LogP contribution in [0.2, 0.25) is 0 Å². The molecule has 0 saturated heterocycles. The number of rotatable bonds is 2. The van der Waals surface area contributed by atoms with Gasteiger partial charge in [-0.15, -0.1) is 11.6 Å². The Balaban J connectivity index is 0.000000171. The molecule has 0 radical (unpaired) electrons. The fourth-order valence-electron chi connectivity index (χ4n) is 0.914. The number of aromatic hydroxyl groups is 1. The van der Waals surface area contributed by atoms with Gasteiger partial charge in [-0.05, 0) is 24.3 Å². The molecule has 0 saturated carbocycles. The van der Waals surface area contributed by atoms with E-state index in [-0.39, 0.29) is 5.75 Å². The van der Waals surface area contributed by atoms with Crippen molar-refractivity contribution in [2.45, 2.75) is 5.88 Å². The summed E-state index contributed by atoms with van der Waals surface area (Å²) >= 11 is 5.37. The second-order valence-electron chi connectivity index (χ2n) is 2.89. The first-order valence-electron chi connectivity index (χ1n) is 4.76. The highest BCUT2D eigenvalue weighted by Gasteiger charge is 1.87. The largest absolute Gasteiger partial charge is 0.508 e. The van der Waals surface area contributed by atoms with E-state index in [0.717, 1.165) is 5.75 Å². The third-order valence-corrected chi connectivity index (χ3v) is 1.98. The quantitative estimate of drug-likeness (QED) is 0.830.